The Morgan fingerprint density at radius 2 is 2.00 bits per heavy atom. The lowest BCUT2D eigenvalue weighted by Gasteiger charge is -2.30. The zero-order valence-corrected chi connectivity index (χ0v) is 15.2. The lowest BCUT2D eigenvalue weighted by Crippen LogP contribution is -2.45. The highest BCUT2D eigenvalue weighted by atomic mass is 16.6. The van der Waals surface area contributed by atoms with E-state index in [9.17, 15) is 9.59 Å². The predicted octanol–water partition coefficient (Wildman–Crippen LogP) is 4.25. The number of benzene rings is 1. The summed E-state index contributed by atoms with van der Waals surface area (Å²) in [4.78, 5) is 26.8. The Morgan fingerprint density at radius 3 is 2.60 bits per heavy atom. The fourth-order valence-corrected chi connectivity index (χ4v) is 2.77. The molecular weight excluding hydrogens is 318 g/mol. The van der Waals surface area contributed by atoms with Crippen LogP contribution in [-0.2, 0) is 14.3 Å². The lowest BCUT2D eigenvalue weighted by molar-refractivity contribution is -0.134. The molecule has 0 radical (unpaired) electrons. The maximum atomic E-state index is 12.7. The molecule has 1 saturated heterocycles. The second-order valence-electron chi connectivity index (χ2n) is 7.15. The Labute approximate surface area is 149 Å². The molecule has 1 aliphatic heterocycles. The first-order valence-electron chi connectivity index (χ1n) is 8.65. The van der Waals surface area contributed by atoms with Crippen LogP contribution in [0.4, 0.5) is 4.79 Å². The van der Waals surface area contributed by atoms with Crippen LogP contribution < -0.4 is 0 Å². The van der Waals surface area contributed by atoms with E-state index in [1.807, 2.05) is 30.3 Å². The smallest absolute Gasteiger partial charge is 0.413 e. The highest BCUT2D eigenvalue weighted by Crippen LogP contribution is 2.33. The van der Waals surface area contributed by atoms with E-state index in [2.05, 4.69) is 6.58 Å². The van der Waals surface area contributed by atoms with Crippen molar-refractivity contribution >= 4 is 11.9 Å². The molecule has 1 amide bonds. The molecule has 1 aromatic carbocycles. The molecule has 2 rings (SSSR count). The molecule has 1 heterocycles. The van der Waals surface area contributed by atoms with Gasteiger partial charge in [-0.05, 0) is 39.2 Å². The Morgan fingerprint density at radius 1 is 1.32 bits per heavy atom. The molecule has 5 heteroatoms. The van der Waals surface area contributed by atoms with Crippen LogP contribution in [0.15, 0.2) is 43.0 Å². The summed E-state index contributed by atoms with van der Waals surface area (Å²) in [6.07, 6.45) is 2.15. The fraction of sp³-hybridized carbons (Fsp3) is 0.500. The van der Waals surface area contributed by atoms with Gasteiger partial charge in [0.05, 0.1) is 12.6 Å². The van der Waals surface area contributed by atoms with Crippen molar-refractivity contribution in [3.8, 4) is 0 Å². The number of carbonyl (C=O) groups excluding carboxylic acids is 2. The van der Waals surface area contributed by atoms with Gasteiger partial charge in [-0.15, -0.1) is 6.58 Å². The number of hydrogen-bond acceptors (Lipinski definition) is 4. The molecule has 0 unspecified atom stereocenters. The molecule has 0 saturated carbocycles. The van der Waals surface area contributed by atoms with E-state index >= 15 is 0 Å². The Bertz CT molecular complexity index is 606. The van der Waals surface area contributed by atoms with Crippen LogP contribution >= 0.6 is 0 Å². The largest absolute Gasteiger partial charge is 0.444 e. The molecule has 0 N–H and O–H groups in total. The van der Waals surface area contributed by atoms with Crippen LogP contribution in [0.2, 0.25) is 0 Å². The van der Waals surface area contributed by atoms with E-state index < -0.39 is 17.9 Å². The van der Waals surface area contributed by atoms with Gasteiger partial charge in [-0.2, -0.15) is 0 Å². The van der Waals surface area contributed by atoms with E-state index in [0.717, 1.165) is 12.0 Å². The summed E-state index contributed by atoms with van der Waals surface area (Å²) in [6.45, 7) is 9.36. The summed E-state index contributed by atoms with van der Waals surface area (Å²) >= 11 is 0. The van der Waals surface area contributed by atoms with Gasteiger partial charge in [-0.3, -0.25) is 9.69 Å². The molecule has 5 nitrogen and oxygen atoms in total. The maximum absolute atomic E-state index is 12.7. The van der Waals surface area contributed by atoms with E-state index in [1.165, 1.54) is 4.90 Å². The topological polar surface area (TPSA) is 55.8 Å². The zero-order valence-electron chi connectivity index (χ0n) is 15.2. The minimum Gasteiger partial charge on any atom is -0.444 e. The van der Waals surface area contributed by atoms with Crippen LogP contribution in [0.5, 0.6) is 0 Å². The maximum Gasteiger partial charge on any atom is 0.413 e. The van der Waals surface area contributed by atoms with Gasteiger partial charge in [0, 0.05) is 6.42 Å². The van der Waals surface area contributed by atoms with E-state index in [1.54, 1.807) is 26.8 Å². The first-order chi connectivity index (χ1) is 11.8. The van der Waals surface area contributed by atoms with Crippen molar-refractivity contribution in [3.05, 3.63) is 48.6 Å². The molecular formula is C20H27NO4. The third kappa shape index (κ3) is 5.16. The van der Waals surface area contributed by atoms with Crippen molar-refractivity contribution in [1.82, 2.24) is 4.90 Å². The number of allylic oxidation sites excluding steroid dienone is 1. The van der Waals surface area contributed by atoms with Gasteiger partial charge in [0.2, 0.25) is 0 Å². The highest BCUT2D eigenvalue weighted by molar-refractivity contribution is 5.87. The van der Waals surface area contributed by atoms with E-state index in [-0.39, 0.29) is 18.4 Å². The minimum absolute atomic E-state index is 0.105. The minimum atomic E-state index is -0.898. The van der Waals surface area contributed by atoms with Crippen LogP contribution in [0.1, 0.15) is 51.6 Å². The normalized spacial score (nSPS) is 20.4. The molecule has 0 aromatic heterocycles. The molecule has 1 aliphatic rings. The standard InChI is InChI=1S/C20H27NO4/c1-5-6-8-13-17(22)18-21(19(23)25-20(2,3)4)16(14-24-18)15-11-9-7-10-12-15/h5,7,9-12,16,18H,1,6,8,13-14H2,2-4H3/t16-,18+/m1/s1. The van der Waals surface area contributed by atoms with Crippen LogP contribution in [-0.4, -0.2) is 35.2 Å². The number of carbonyl (C=O) groups is 2. The number of nitrogens with zero attached hydrogens (tertiary/aromatic N) is 1. The number of ketones is 1. The average molecular weight is 345 g/mol. The second-order valence-corrected chi connectivity index (χ2v) is 7.15. The average Bonchev–Trinajstić information content (AvgIpc) is 2.99. The Kier molecular flexibility index (Phi) is 6.37. The molecule has 2 atom stereocenters. The molecule has 1 aromatic rings. The van der Waals surface area contributed by atoms with Gasteiger partial charge in [-0.25, -0.2) is 4.79 Å². The van der Waals surface area contributed by atoms with Gasteiger partial charge in [0.15, 0.2) is 12.0 Å². The van der Waals surface area contributed by atoms with Gasteiger partial charge in [0.1, 0.15) is 5.60 Å². The first-order valence-corrected chi connectivity index (χ1v) is 8.65. The van der Waals surface area contributed by atoms with Crippen molar-refractivity contribution in [2.45, 2.75) is 57.9 Å². The predicted molar refractivity (Wildman–Crippen MR) is 96.1 cm³/mol. The Balaban J connectivity index is 2.22. The SMILES string of the molecule is C=CCCCC(=O)[C@@H]1OC[C@H](c2ccccc2)N1C(=O)OC(C)(C)C. The van der Waals surface area contributed by atoms with Crippen molar-refractivity contribution in [2.75, 3.05) is 6.61 Å². The molecule has 0 bridgehead atoms. The zero-order chi connectivity index (χ0) is 18.4. The monoisotopic (exact) mass is 345 g/mol. The molecule has 136 valence electrons. The van der Waals surface area contributed by atoms with Crippen molar-refractivity contribution in [3.63, 3.8) is 0 Å². The summed E-state index contributed by atoms with van der Waals surface area (Å²) in [5, 5.41) is 0. The van der Waals surface area contributed by atoms with E-state index in [0.29, 0.717) is 12.8 Å². The van der Waals surface area contributed by atoms with Gasteiger partial charge < -0.3 is 9.47 Å². The number of ether oxygens (including phenoxy) is 2. The Hall–Kier alpha value is -2.14. The van der Waals surface area contributed by atoms with Crippen LogP contribution in [0.3, 0.4) is 0 Å². The summed E-state index contributed by atoms with van der Waals surface area (Å²) in [5.41, 5.74) is 0.284. The van der Waals surface area contributed by atoms with Crippen molar-refractivity contribution in [2.24, 2.45) is 0 Å². The van der Waals surface area contributed by atoms with Crippen molar-refractivity contribution < 1.29 is 19.1 Å². The summed E-state index contributed by atoms with van der Waals surface area (Å²) < 4.78 is 11.2. The third-order valence-corrected chi connectivity index (χ3v) is 3.90. The first kappa shape index (κ1) is 19.2. The second kappa shape index (κ2) is 8.30. The number of rotatable bonds is 6. The van der Waals surface area contributed by atoms with Gasteiger partial charge in [-0.1, -0.05) is 36.4 Å². The van der Waals surface area contributed by atoms with Gasteiger partial charge >= 0.3 is 6.09 Å². The fourth-order valence-electron chi connectivity index (χ4n) is 2.77. The van der Waals surface area contributed by atoms with Crippen LogP contribution in [0, 0.1) is 0 Å². The number of amides is 1. The molecule has 0 spiro atoms. The molecule has 25 heavy (non-hydrogen) atoms. The van der Waals surface area contributed by atoms with Gasteiger partial charge in [0.25, 0.3) is 0 Å². The van der Waals surface area contributed by atoms with Crippen molar-refractivity contribution in [1.29, 1.82) is 0 Å². The molecule has 1 fully saturated rings. The van der Waals surface area contributed by atoms with E-state index in [4.69, 9.17) is 9.47 Å². The summed E-state index contributed by atoms with van der Waals surface area (Å²) in [7, 11) is 0. The lowest BCUT2D eigenvalue weighted by atomic mass is 10.1. The highest BCUT2D eigenvalue weighted by Gasteiger charge is 2.44. The quantitative estimate of drug-likeness (QED) is 0.571. The third-order valence-electron chi connectivity index (χ3n) is 3.90. The number of hydrogen-bond donors (Lipinski definition) is 0. The molecule has 0 aliphatic carbocycles. The number of unbranched alkanes of at least 4 members (excludes halogenated alkanes) is 1. The number of Topliss-reactive ketones (excluding diaryl/α,β-unsaturated/α-hetero) is 1. The summed E-state index contributed by atoms with van der Waals surface area (Å²) in [6, 6.07) is 9.24. The summed E-state index contributed by atoms with van der Waals surface area (Å²) in [5.74, 6) is -0.105. The van der Waals surface area contributed by atoms with Crippen LogP contribution in [0.25, 0.3) is 0 Å².